The second-order valence-electron chi connectivity index (χ2n) is 4.88. The van der Waals surface area contributed by atoms with Crippen LogP contribution < -0.4 is 0 Å². The predicted molar refractivity (Wildman–Crippen MR) is 108 cm³/mol. The van der Waals surface area contributed by atoms with Gasteiger partial charge in [-0.25, -0.2) is 0 Å². The van der Waals surface area contributed by atoms with Crippen LogP contribution in [-0.4, -0.2) is 68.3 Å². The lowest BCUT2D eigenvalue weighted by molar-refractivity contribution is -0.135. The highest BCUT2D eigenvalue weighted by Crippen LogP contribution is 2.08. The zero-order chi connectivity index (χ0) is 26.4. The molecular weight excluding hydrogens is 444 g/mol. The summed E-state index contributed by atoms with van der Waals surface area (Å²) >= 11 is 0. The van der Waals surface area contributed by atoms with Gasteiger partial charge in [-0.05, 0) is 19.1 Å². The predicted octanol–water partition coefficient (Wildman–Crippen LogP) is 1.70. The lowest BCUT2D eigenvalue weighted by Gasteiger charge is -1.95. The molecule has 14 heteroatoms. The molecule has 13 nitrogen and oxygen atoms in total. The van der Waals surface area contributed by atoms with Crippen molar-refractivity contribution in [3.05, 3.63) is 29.8 Å². The fourth-order valence-corrected chi connectivity index (χ4v) is 1.19. The molecule has 0 radical (unpaired) electrons. The second-order valence-corrected chi connectivity index (χ2v) is 6.30. The third-order valence-electron chi connectivity index (χ3n) is 1.32. The molecule has 0 saturated heterocycles. The summed E-state index contributed by atoms with van der Waals surface area (Å²) in [4.78, 5) is 44.9. The molecule has 1 rings (SSSR count). The van der Waals surface area contributed by atoms with Crippen LogP contribution in [0.3, 0.4) is 0 Å². The maximum absolute atomic E-state index is 10.5. The molecule has 1 aromatic carbocycles. The molecule has 180 valence electrons. The molecule has 0 unspecified atom stereocenters. The molecular formula is C17H28O13S. The van der Waals surface area contributed by atoms with Crippen LogP contribution in [0.4, 0.5) is 0 Å². The van der Waals surface area contributed by atoms with Gasteiger partial charge in [-0.3, -0.25) is 28.5 Å². The summed E-state index contributed by atoms with van der Waals surface area (Å²) in [7, 11) is -4.02. The standard InChI is InChI=1S/C7H8O3S.5C2H4O2/c1-6-2-4-7(5-3-6)11(8,9)10;5*1-2(3)4/h2-5H,1H3,(H,8,9,10);5*1H3,(H,3,4). The number of benzene rings is 1. The van der Waals surface area contributed by atoms with Gasteiger partial charge in [0.15, 0.2) is 0 Å². The van der Waals surface area contributed by atoms with Gasteiger partial charge in [-0.15, -0.1) is 0 Å². The highest BCUT2D eigenvalue weighted by Gasteiger charge is 2.06. The number of carboxylic acids is 5. The number of aliphatic carboxylic acids is 5. The van der Waals surface area contributed by atoms with Gasteiger partial charge in [-0.2, -0.15) is 8.42 Å². The summed E-state index contributed by atoms with van der Waals surface area (Å²) in [5.41, 5.74) is 0.956. The number of hydrogen-bond acceptors (Lipinski definition) is 7. The zero-order valence-corrected chi connectivity index (χ0v) is 18.6. The van der Waals surface area contributed by atoms with Gasteiger partial charge < -0.3 is 25.5 Å². The molecule has 0 heterocycles. The van der Waals surface area contributed by atoms with E-state index in [9.17, 15) is 8.42 Å². The summed E-state index contributed by atoms with van der Waals surface area (Å²) in [6.45, 7) is 7.26. The van der Waals surface area contributed by atoms with Crippen molar-refractivity contribution in [1.29, 1.82) is 0 Å². The van der Waals surface area contributed by atoms with Crippen LogP contribution in [0.5, 0.6) is 0 Å². The Morgan fingerprint density at radius 1 is 0.581 bits per heavy atom. The average Bonchev–Trinajstić information content (AvgIpc) is 2.43. The van der Waals surface area contributed by atoms with Crippen LogP contribution >= 0.6 is 0 Å². The molecule has 0 aliphatic heterocycles. The van der Waals surface area contributed by atoms with Gasteiger partial charge in [0.05, 0.1) is 4.90 Å². The van der Waals surface area contributed by atoms with Gasteiger partial charge in [0, 0.05) is 34.6 Å². The zero-order valence-electron chi connectivity index (χ0n) is 17.8. The lowest BCUT2D eigenvalue weighted by Crippen LogP contribution is -1.96. The highest BCUT2D eigenvalue weighted by molar-refractivity contribution is 7.85. The van der Waals surface area contributed by atoms with Crippen molar-refractivity contribution >= 4 is 40.0 Å². The first-order valence-electron chi connectivity index (χ1n) is 7.68. The molecule has 0 spiro atoms. The fraction of sp³-hybridized carbons (Fsp3) is 0.353. The first-order chi connectivity index (χ1) is 13.7. The summed E-state index contributed by atoms with van der Waals surface area (Å²) in [6, 6.07) is 5.99. The van der Waals surface area contributed by atoms with Gasteiger partial charge in [0.25, 0.3) is 40.0 Å². The number of rotatable bonds is 1. The van der Waals surface area contributed by atoms with E-state index in [-0.39, 0.29) is 4.90 Å². The van der Waals surface area contributed by atoms with Crippen LogP contribution in [0.15, 0.2) is 29.2 Å². The van der Waals surface area contributed by atoms with E-state index >= 15 is 0 Å². The highest BCUT2D eigenvalue weighted by atomic mass is 32.2. The summed E-state index contributed by atoms with van der Waals surface area (Å²) in [5.74, 6) is -4.17. The monoisotopic (exact) mass is 472 g/mol. The van der Waals surface area contributed by atoms with Crippen molar-refractivity contribution in [3.8, 4) is 0 Å². The quantitative estimate of drug-likeness (QED) is 0.319. The molecule has 0 aromatic heterocycles. The van der Waals surface area contributed by atoms with E-state index in [1.807, 2.05) is 6.92 Å². The Morgan fingerprint density at radius 2 is 0.742 bits per heavy atom. The third-order valence-corrected chi connectivity index (χ3v) is 2.19. The van der Waals surface area contributed by atoms with E-state index < -0.39 is 40.0 Å². The van der Waals surface area contributed by atoms with Gasteiger partial charge >= 0.3 is 0 Å². The summed E-state index contributed by atoms with van der Waals surface area (Å²) < 4.78 is 29.6. The molecule has 6 N–H and O–H groups in total. The van der Waals surface area contributed by atoms with Crippen LogP contribution in [0.25, 0.3) is 0 Å². The largest absolute Gasteiger partial charge is 0.481 e. The molecule has 0 fully saturated rings. The maximum atomic E-state index is 10.5. The topological polar surface area (TPSA) is 241 Å². The Kier molecular flexibility index (Phi) is 28.0. The minimum Gasteiger partial charge on any atom is -0.481 e. The first-order valence-corrected chi connectivity index (χ1v) is 9.12. The van der Waals surface area contributed by atoms with Crippen LogP contribution in [0, 0.1) is 6.92 Å². The molecule has 0 aliphatic carbocycles. The third kappa shape index (κ3) is 102. The van der Waals surface area contributed by atoms with Crippen LogP contribution in [0.2, 0.25) is 0 Å². The fourth-order valence-electron chi connectivity index (χ4n) is 0.710. The van der Waals surface area contributed by atoms with Crippen molar-refractivity contribution in [3.63, 3.8) is 0 Å². The Balaban J connectivity index is -0.0000000958. The lowest BCUT2D eigenvalue weighted by atomic mass is 10.2. The Morgan fingerprint density at radius 3 is 0.871 bits per heavy atom. The molecule has 1 aromatic rings. The Bertz CT molecular complexity index is 676. The minimum absolute atomic E-state index is 0.0666. The van der Waals surface area contributed by atoms with Crippen LogP contribution in [-0.2, 0) is 34.1 Å². The number of carboxylic acid groups (broad SMARTS) is 5. The van der Waals surface area contributed by atoms with E-state index in [2.05, 4.69) is 0 Å². The summed E-state index contributed by atoms with van der Waals surface area (Å²) in [5, 5.41) is 37.1. The van der Waals surface area contributed by atoms with E-state index in [1.54, 1.807) is 12.1 Å². The van der Waals surface area contributed by atoms with E-state index in [0.717, 1.165) is 40.2 Å². The first kappa shape index (κ1) is 38.1. The molecule has 0 aliphatic rings. The Hall–Kier alpha value is -3.52. The van der Waals surface area contributed by atoms with Gasteiger partial charge in [0.1, 0.15) is 0 Å². The normalized spacial score (nSPS) is 8.10. The van der Waals surface area contributed by atoms with E-state index in [0.29, 0.717) is 0 Å². The number of hydrogen-bond donors (Lipinski definition) is 6. The maximum Gasteiger partial charge on any atom is 0.300 e. The minimum atomic E-state index is -4.02. The van der Waals surface area contributed by atoms with Gasteiger partial charge in [-0.1, -0.05) is 17.7 Å². The Labute approximate surface area is 179 Å². The summed E-state index contributed by atoms with van der Waals surface area (Å²) in [6.07, 6.45) is 0. The van der Waals surface area contributed by atoms with E-state index in [4.69, 9.17) is 54.1 Å². The number of aryl methyl sites for hydroxylation is 1. The van der Waals surface area contributed by atoms with Gasteiger partial charge in [0.2, 0.25) is 0 Å². The van der Waals surface area contributed by atoms with E-state index in [1.165, 1.54) is 12.1 Å². The average molecular weight is 472 g/mol. The molecule has 31 heavy (non-hydrogen) atoms. The molecule has 0 amide bonds. The molecule has 0 saturated carbocycles. The van der Waals surface area contributed by atoms with Crippen LogP contribution in [0.1, 0.15) is 40.2 Å². The molecule has 0 atom stereocenters. The van der Waals surface area contributed by atoms with Crippen molar-refractivity contribution in [1.82, 2.24) is 0 Å². The van der Waals surface area contributed by atoms with Crippen molar-refractivity contribution < 1.29 is 62.5 Å². The van der Waals surface area contributed by atoms with Crippen molar-refractivity contribution in [2.75, 3.05) is 0 Å². The smallest absolute Gasteiger partial charge is 0.300 e. The second kappa shape index (κ2) is 22.8. The van der Waals surface area contributed by atoms with Crippen molar-refractivity contribution in [2.45, 2.75) is 46.4 Å². The van der Waals surface area contributed by atoms with Crippen molar-refractivity contribution in [2.24, 2.45) is 0 Å². The molecule has 0 bridgehead atoms. The SMILES string of the molecule is CC(=O)O.CC(=O)O.CC(=O)O.CC(=O)O.CC(=O)O.Cc1ccc(S(=O)(=O)O)cc1. The number of carbonyl (C=O) groups is 5.